The predicted molar refractivity (Wildman–Crippen MR) is 94.1 cm³/mol. The van der Waals surface area contributed by atoms with Gasteiger partial charge in [-0.15, -0.1) is 0 Å². The fraction of sp³-hybridized carbons (Fsp3) is 0.368. The van der Waals surface area contributed by atoms with Crippen molar-refractivity contribution in [2.75, 3.05) is 20.8 Å². The van der Waals surface area contributed by atoms with Crippen LogP contribution in [0.2, 0.25) is 0 Å². The van der Waals surface area contributed by atoms with E-state index in [2.05, 4.69) is 23.5 Å². The van der Waals surface area contributed by atoms with E-state index in [0.29, 0.717) is 6.04 Å². The number of methoxy groups -OCH3 is 2. The summed E-state index contributed by atoms with van der Waals surface area (Å²) in [5, 5.41) is 3.62. The Bertz CT molecular complexity index is 687. The molecule has 0 fully saturated rings. The molecular weight excluding hydrogens is 285 g/mol. The maximum atomic E-state index is 6.06. The van der Waals surface area contributed by atoms with Crippen LogP contribution in [-0.4, -0.2) is 28.6 Å². The normalized spacial score (nSPS) is 16.7. The molecule has 1 N–H and O–H groups in total. The van der Waals surface area contributed by atoms with Crippen molar-refractivity contribution in [2.45, 2.75) is 25.3 Å². The highest BCUT2D eigenvalue weighted by atomic mass is 16.5. The van der Waals surface area contributed by atoms with Crippen LogP contribution in [0.15, 0.2) is 36.4 Å². The van der Waals surface area contributed by atoms with Gasteiger partial charge < -0.3 is 14.8 Å². The first-order chi connectivity index (χ1) is 11.2. The number of ether oxygens (including phenoxy) is 2. The average Bonchev–Trinajstić information content (AvgIpc) is 2.59. The van der Waals surface area contributed by atoms with Gasteiger partial charge in [-0.05, 0) is 49.1 Å². The van der Waals surface area contributed by atoms with Crippen LogP contribution >= 0.6 is 0 Å². The van der Waals surface area contributed by atoms with Gasteiger partial charge >= 0.3 is 0 Å². The van der Waals surface area contributed by atoms with Gasteiger partial charge in [-0.3, -0.25) is 0 Å². The van der Waals surface area contributed by atoms with E-state index in [-0.39, 0.29) is 0 Å². The third-order valence-corrected chi connectivity index (χ3v) is 4.56. The van der Waals surface area contributed by atoms with Crippen LogP contribution in [0.5, 0.6) is 11.5 Å². The summed E-state index contributed by atoms with van der Waals surface area (Å²) in [5.74, 6) is 1.60. The zero-order valence-electron chi connectivity index (χ0n) is 13.8. The average molecular weight is 307 g/mol. The van der Waals surface area contributed by atoms with Crippen molar-refractivity contribution in [1.82, 2.24) is 5.32 Å². The number of hydrogen-bond donors (Lipinski definition) is 1. The Kier molecular flexibility index (Phi) is 4.92. The highest BCUT2D eigenvalue weighted by molar-refractivity contribution is 6.33. The predicted octanol–water partition coefficient (Wildman–Crippen LogP) is 2.32. The lowest BCUT2D eigenvalue weighted by Gasteiger charge is -2.28. The van der Waals surface area contributed by atoms with Gasteiger partial charge in [-0.1, -0.05) is 35.3 Å². The smallest absolute Gasteiger partial charge is 0.161 e. The van der Waals surface area contributed by atoms with E-state index in [0.717, 1.165) is 42.8 Å². The molecule has 1 aliphatic rings. The molecule has 118 valence electrons. The molecule has 0 bridgehead atoms. The van der Waals surface area contributed by atoms with Gasteiger partial charge in [-0.25, -0.2) is 0 Å². The fourth-order valence-corrected chi connectivity index (χ4v) is 3.29. The van der Waals surface area contributed by atoms with Gasteiger partial charge in [0.1, 0.15) is 7.85 Å². The van der Waals surface area contributed by atoms with E-state index < -0.39 is 0 Å². The topological polar surface area (TPSA) is 30.5 Å². The fourth-order valence-electron chi connectivity index (χ4n) is 3.29. The minimum Gasteiger partial charge on any atom is -0.493 e. The van der Waals surface area contributed by atoms with Crippen molar-refractivity contribution in [1.29, 1.82) is 0 Å². The Labute approximate surface area is 139 Å². The van der Waals surface area contributed by atoms with Crippen molar-refractivity contribution in [3.63, 3.8) is 0 Å². The summed E-state index contributed by atoms with van der Waals surface area (Å²) in [6.07, 6.45) is 2.98. The molecule has 0 saturated carbocycles. The van der Waals surface area contributed by atoms with Gasteiger partial charge in [0.15, 0.2) is 11.5 Å². The Morgan fingerprint density at radius 3 is 2.61 bits per heavy atom. The van der Waals surface area contributed by atoms with Gasteiger partial charge in [0.25, 0.3) is 0 Å². The van der Waals surface area contributed by atoms with Crippen LogP contribution in [-0.2, 0) is 12.8 Å². The van der Waals surface area contributed by atoms with E-state index in [1.165, 1.54) is 16.7 Å². The Morgan fingerprint density at radius 2 is 1.87 bits per heavy atom. The molecule has 0 spiro atoms. The van der Waals surface area contributed by atoms with Gasteiger partial charge in [0.2, 0.25) is 0 Å². The zero-order valence-corrected chi connectivity index (χ0v) is 13.8. The highest BCUT2D eigenvalue weighted by Gasteiger charge is 2.22. The summed E-state index contributed by atoms with van der Waals surface area (Å²) < 4.78 is 10.9. The number of fused-ring (bicyclic) bond motifs is 1. The van der Waals surface area contributed by atoms with Crippen molar-refractivity contribution in [3.8, 4) is 11.5 Å². The molecule has 4 heteroatoms. The van der Waals surface area contributed by atoms with Crippen molar-refractivity contribution in [2.24, 2.45) is 0 Å². The van der Waals surface area contributed by atoms with E-state index in [9.17, 15) is 0 Å². The number of aryl methyl sites for hydroxylation is 1. The standard InChI is InChI=1S/C19H22BNO2/c1-22-18-11-14-9-10-21-17(15(14)12-19(18)23-2)8-7-13-5-3-4-6-16(13)20/h3-6,11-12,17,21H,7-10H2,1-2H3/t17-/m0/s1. The molecule has 2 aromatic carbocycles. The third kappa shape index (κ3) is 3.37. The first-order valence-corrected chi connectivity index (χ1v) is 8.04. The Hall–Kier alpha value is -1.94. The van der Waals surface area contributed by atoms with E-state index in [4.69, 9.17) is 17.3 Å². The molecular formula is C19H22BNO2. The maximum Gasteiger partial charge on any atom is 0.161 e. The summed E-state index contributed by atoms with van der Waals surface area (Å²) in [6, 6.07) is 12.6. The largest absolute Gasteiger partial charge is 0.493 e. The van der Waals surface area contributed by atoms with Gasteiger partial charge in [0.05, 0.1) is 14.2 Å². The number of hydrogen-bond acceptors (Lipinski definition) is 3. The molecule has 0 unspecified atom stereocenters. The van der Waals surface area contributed by atoms with Crippen molar-refractivity contribution < 1.29 is 9.47 Å². The Balaban J connectivity index is 1.82. The third-order valence-electron chi connectivity index (χ3n) is 4.56. The van der Waals surface area contributed by atoms with Crippen molar-refractivity contribution >= 4 is 13.3 Å². The van der Waals surface area contributed by atoms with Crippen molar-refractivity contribution in [3.05, 3.63) is 53.1 Å². The summed E-state index contributed by atoms with van der Waals surface area (Å²) >= 11 is 0. The van der Waals surface area contributed by atoms with Crippen LogP contribution in [0.25, 0.3) is 0 Å². The second-order valence-corrected chi connectivity index (χ2v) is 5.90. The lowest BCUT2D eigenvalue weighted by atomic mass is 9.85. The molecule has 0 saturated heterocycles. The minimum atomic E-state index is 0.318. The first-order valence-electron chi connectivity index (χ1n) is 8.04. The molecule has 1 aliphatic heterocycles. The number of nitrogens with one attached hydrogen (secondary N) is 1. The van der Waals surface area contributed by atoms with Crippen LogP contribution in [0.1, 0.15) is 29.2 Å². The minimum absolute atomic E-state index is 0.318. The first kappa shape index (κ1) is 15.9. The quantitative estimate of drug-likeness (QED) is 0.860. The lowest BCUT2D eigenvalue weighted by Crippen LogP contribution is -2.30. The Morgan fingerprint density at radius 1 is 1.13 bits per heavy atom. The summed E-state index contributed by atoms with van der Waals surface area (Å²) in [7, 11) is 9.42. The summed E-state index contributed by atoms with van der Waals surface area (Å²) in [4.78, 5) is 0. The van der Waals surface area contributed by atoms with E-state index >= 15 is 0 Å². The molecule has 0 aromatic heterocycles. The molecule has 3 rings (SSSR count). The van der Waals surface area contributed by atoms with E-state index in [1.54, 1.807) is 14.2 Å². The van der Waals surface area contributed by atoms with Crippen LogP contribution in [0.3, 0.4) is 0 Å². The summed E-state index contributed by atoms with van der Waals surface area (Å²) in [6.45, 7) is 0.984. The molecule has 1 atom stereocenters. The van der Waals surface area contributed by atoms with Crippen LogP contribution in [0.4, 0.5) is 0 Å². The summed E-state index contributed by atoms with van der Waals surface area (Å²) in [5.41, 5.74) is 4.73. The molecule has 2 radical (unpaired) electrons. The van der Waals surface area contributed by atoms with Crippen LogP contribution < -0.4 is 20.3 Å². The zero-order chi connectivity index (χ0) is 16.2. The second kappa shape index (κ2) is 7.09. The molecule has 0 aliphatic carbocycles. The molecule has 1 heterocycles. The number of benzene rings is 2. The van der Waals surface area contributed by atoms with Gasteiger partial charge in [0, 0.05) is 6.04 Å². The molecule has 0 amide bonds. The monoisotopic (exact) mass is 307 g/mol. The maximum absolute atomic E-state index is 6.06. The SMILES string of the molecule is [B]c1ccccc1CC[C@@H]1NCCc2cc(OC)c(OC)cc21. The molecule has 23 heavy (non-hydrogen) atoms. The second-order valence-electron chi connectivity index (χ2n) is 5.90. The number of rotatable bonds is 5. The van der Waals surface area contributed by atoms with Gasteiger partial charge in [-0.2, -0.15) is 0 Å². The highest BCUT2D eigenvalue weighted by Crippen LogP contribution is 2.36. The lowest BCUT2D eigenvalue weighted by molar-refractivity contribution is 0.351. The molecule has 3 nitrogen and oxygen atoms in total. The molecule has 2 aromatic rings. The van der Waals surface area contributed by atoms with Crippen LogP contribution in [0, 0.1) is 0 Å². The van der Waals surface area contributed by atoms with E-state index in [1.807, 2.05) is 18.2 Å².